The van der Waals surface area contributed by atoms with Crippen molar-refractivity contribution in [2.45, 2.75) is 38.3 Å². The molecule has 3 heteroatoms. The molecule has 0 bridgehead atoms. The van der Waals surface area contributed by atoms with Crippen LogP contribution in [0.2, 0.25) is 0 Å². The number of fused-ring (bicyclic) bond motifs is 1. The number of hydrogen-bond donors (Lipinski definition) is 1. The zero-order valence-corrected chi connectivity index (χ0v) is 11.9. The Hall–Kier alpha value is -1.61. The predicted octanol–water partition coefficient (Wildman–Crippen LogP) is 3.66. The minimum atomic E-state index is -0.163. The van der Waals surface area contributed by atoms with E-state index in [-0.39, 0.29) is 5.82 Å². The number of halogens is 1. The van der Waals surface area contributed by atoms with Crippen LogP contribution in [0.25, 0.3) is 0 Å². The second kappa shape index (κ2) is 5.80. The van der Waals surface area contributed by atoms with Gasteiger partial charge in [-0.1, -0.05) is 18.6 Å². The summed E-state index contributed by atoms with van der Waals surface area (Å²) < 4.78 is 15.4. The summed E-state index contributed by atoms with van der Waals surface area (Å²) in [4.78, 5) is 0. The van der Waals surface area contributed by atoms with E-state index in [4.69, 9.17) is 0 Å². The molecule has 0 saturated carbocycles. The van der Waals surface area contributed by atoms with Gasteiger partial charge in [0.2, 0.25) is 0 Å². The van der Waals surface area contributed by atoms with Crippen molar-refractivity contribution in [3.8, 4) is 0 Å². The second-order valence-corrected chi connectivity index (χ2v) is 5.63. The van der Waals surface area contributed by atoms with E-state index in [1.165, 1.54) is 36.5 Å². The van der Waals surface area contributed by atoms with Gasteiger partial charge in [-0.05, 0) is 55.1 Å². The Bertz CT molecular complexity index is 588. The van der Waals surface area contributed by atoms with Crippen molar-refractivity contribution < 1.29 is 4.39 Å². The number of benzene rings is 1. The Kier molecular flexibility index (Phi) is 3.88. The average molecular weight is 272 g/mol. The van der Waals surface area contributed by atoms with Crippen molar-refractivity contribution in [1.29, 1.82) is 0 Å². The van der Waals surface area contributed by atoms with Gasteiger partial charge in [0.15, 0.2) is 0 Å². The Labute approximate surface area is 119 Å². The molecule has 0 saturated heterocycles. The van der Waals surface area contributed by atoms with Gasteiger partial charge in [0.05, 0.1) is 0 Å². The number of nitrogens with one attached hydrogen (secondary N) is 1. The Morgan fingerprint density at radius 3 is 3.00 bits per heavy atom. The fraction of sp³-hybridized carbons (Fsp3) is 0.412. The fourth-order valence-corrected chi connectivity index (χ4v) is 3.15. The lowest BCUT2D eigenvalue weighted by molar-refractivity contribution is 0.531. The summed E-state index contributed by atoms with van der Waals surface area (Å²) in [7, 11) is 2.03. The monoisotopic (exact) mass is 272 g/mol. The molecule has 1 aliphatic rings. The van der Waals surface area contributed by atoms with Crippen molar-refractivity contribution in [2.75, 3.05) is 7.05 Å². The molecule has 1 heterocycles. The predicted molar refractivity (Wildman–Crippen MR) is 79.3 cm³/mol. The normalized spacial score (nSPS) is 18.6. The summed E-state index contributed by atoms with van der Waals surface area (Å²) >= 11 is 0. The zero-order chi connectivity index (χ0) is 13.9. The maximum atomic E-state index is 13.2. The molecule has 0 aliphatic heterocycles. The maximum absolute atomic E-state index is 13.2. The number of rotatable bonds is 3. The standard InChI is InChI=1S/C17H21FN2/c1-19-17-8-3-2-6-14-11-20(12-16(14)17)10-13-5-4-7-15(18)9-13/h4-5,7,9,11-12,17,19H,2-3,6,8,10H2,1H3. The van der Waals surface area contributed by atoms with Crippen LogP contribution in [0.4, 0.5) is 4.39 Å². The first-order valence-electron chi connectivity index (χ1n) is 7.36. The first kappa shape index (κ1) is 13.4. The molecule has 0 radical (unpaired) electrons. The largest absolute Gasteiger partial charge is 0.349 e. The molecule has 0 spiro atoms. The van der Waals surface area contributed by atoms with Crippen LogP contribution in [0.3, 0.4) is 0 Å². The summed E-state index contributed by atoms with van der Waals surface area (Å²) in [6.07, 6.45) is 9.36. The third-order valence-electron chi connectivity index (χ3n) is 4.16. The van der Waals surface area contributed by atoms with E-state index in [2.05, 4.69) is 22.3 Å². The highest BCUT2D eigenvalue weighted by atomic mass is 19.1. The van der Waals surface area contributed by atoms with Gasteiger partial charge in [-0.2, -0.15) is 0 Å². The Balaban J connectivity index is 1.85. The molecule has 1 unspecified atom stereocenters. The van der Waals surface area contributed by atoms with Crippen LogP contribution in [0.1, 0.15) is 42.0 Å². The molecule has 1 aromatic carbocycles. The van der Waals surface area contributed by atoms with Gasteiger partial charge in [0, 0.05) is 25.0 Å². The number of nitrogens with zero attached hydrogens (tertiary/aromatic N) is 1. The summed E-state index contributed by atoms with van der Waals surface area (Å²) in [5.74, 6) is -0.163. The van der Waals surface area contributed by atoms with Crippen LogP contribution in [-0.4, -0.2) is 11.6 Å². The van der Waals surface area contributed by atoms with Crippen molar-refractivity contribution in [1.82, 2.24) is 9.88 Å². The number of aryl methyl sites for hydroxylation is 1. The summed E-state index contributed by atoms with van der Waals surface area (Å²) in [5, 5.41) is 3.41. The van der Waals surface area contributed by atoms with Crippen LogP contribution in [0, 0.1) is 5.82 Å². The minimum Gasteiger partial charge on any atom is -0.349 e. The van der Waals surface area contributed by atoms with Gasteiger partial charge in [-0.25, -0.2) is 4.39 Å². The number of aromatic nitrogens is 1. The molecule has 0 fully saturated rings. The Morgan fingerprint density at radius 1 is 1.30 bits per heavy atom. The SMILES string of the molecule is CNC1CCCCc2cn(Cc3cccc(F)c3)cc21. The van der Waals surface area contributed by atoms with E-state index < -0.39 is 0 Å². The van der Waals surface area contributed by atoms with Gasteiger partial charge in [0.25, 0.3) is 0 Å². The van der Waals surface area contributed by atoms with Crippen molar-refractivity contribution in [2.24, 2.45) is 0 Å². The van der Waals surface area contributed by atoms with Crippen LogP contribution in [-0.2, 0) is 13.0 Å². The third kappa shape index (κ3) is 2.78. The molecule has 106 valence electrons. The topological polar surface area (TPSA) is 17.0 Å². The lowest BCUT2D eigenvalue weighted by atomic mass is 10.1. The first-order valence-corrected chi connectivity index (χ1v) is 7.36. The van der Waals surface area contributed by atoms with Crippen LogP contribution in [0.15, 0.2) is 36.7 Å². The molecule has 2 nitrogen and oxygen atoms in total. The van der Waals surface area contributed by atoms with Crippen LogP contribution < -0.4 is 5.32 Å². The van der Waals surface area contributed by atoms with E-state index >= 15 is 0 Å². The summed E-state index contributed by atoms with van der Waals surface area (Å²) in [6.45, 7) is 0.737. The fourth-order valence-electron chi connectivity index (χ4n) is 3.15. The van der Waals surface area contributed by atoms with Crippen molar-refractivity contribution in [3.63, 3.8) is 0 Å². The van der Waals surface area contributed by atoms with E-state index in [1.54, 1.807) is 12.1 Å². The lowest BCUT2D eigenvalue weighted by Gasteiger charge is -2.13. The molecule has 0 amide bonds. The lowest BCUT2D eigenvalue weighted by Crippen LogP contribution is -2.15. The minimum absolute atomic E-state index is 0.163. The molecule has 1 aromatic heterocycles. The zero-order valence-electron chi connectivity index (χ0n) is 11.9. The van der Waals surface area contributed by atoms with E-state index in [9.17, 15) is 4.39 Å². The molecular weight excluding hydrogens is 251 g/mol. The van der Waals surface area contributed by atoms with Gasteiger partial charge in [-0.3, -0.25) is 0 Å². The van der Waals surface area contributed by atoms with Gasteiger partial charge in [-0.15, -0.1) is 0 Å². The Morgan fingerprint density at radius 2 is 2.20 bits per heavy atom. The van der Waals surface area contributed by atoms with Crippen molar-refractivity contribution in [3.05, 3.63) is 59.2 Å². The average Bonchev–Trinajstić information content (AvgIpc) is 2.72. The van der Waals surface area contributed by atoms with Gasteiger partial charge < -0.3 is 9.88 Å². The highest BCUT2D eigenvalue weighted by Gasteiger charge is 2.19. The first-order chi connectivity index (χ1) is 9.76. The highest BCUT2D eigenvalue weighted by Crippen LogP contribution is 2.29. The molecular formula is C17H21FN2. The van der Waals surface area contributed by atoms with Gasteiger partial charge >= 0.3 is 0 Å². The molecule has 2 aromatic rings. The molecule has 20 heavy (non-hydrogen) atoms. The van der Waals surface area contributed by atoms with Crippen LogP contribution >= 0.6 is 0 Å². The smallest absolute Gasteiger partial charge is 0.123 e. The van der Waals surface area contributed by atoms with E-state index in [0.717, 1.165) is 18.5 Å². The molecule has 1 aliphatic carbocycles. The van der Waals surface area contributed by atoms with E-state index in [1.807, 2.05) is 13.1 Å². The molecule has 1 N–H and O–H groups in total. The maximum Gasteiger partial charge on any atom is 0.123 e. The van der Waals surface area contributed by atoms with E-state index in [0.29, 0.717) is 6.04 Å². The molecule has 3 rings (SSSR count). The molecule has 1 atom stereocenters. The number of hydrogen-bond acceptors (Lipinski definition) is 1. The highest BCUT2D eigenvalue weighted by molar-refractivity contribution is 5.30. The summed E-state index contributed by atoms with van der Waals surface area (Å²) in [5.41, 5.74) is 3.87. The third-order valence-corrected chi connectivity index (χ3v) is 4.16. The van der Waals surface area contributed by atoms with Gasteiger partial charge in [0.1, 0.15) is 5.82 Å². The summed E-state index contributed by atoms with van der Waals surface area (Å²) in [6, 6.07) is 7.31. The van der Waals surface area contributed by atoms with Crippen molar-refractivity contribution >= 4 is 0 Å². The second-order valence-electron chi connectivity index (χ2n) is 5.63. The quantitative estimate of drug-likeness (QED) is 0.844. The van der Waals surface area contributed by atoms with Crippen LogP contribution in [0.5, 0.6) is 0 Å².